The van der Waals surface area contributed by atoms with Crippen LogP contribution in [0.15, 0.2) is 66.7 Å². The Labute approximate surface area is 147 Å². The van der Waals surface area contributed by atoms with Crippen LogP contribution in [0, 0.1) is 13.8 Å². The number of carbonyl (C=O) groups is 1. The van der Waals surface area contributed by atoms with E-state index in [4.69, 9.17) is 4.74 Å². The van der Waals surface area contributed by atoms with Gasteiger partial charge in [0.05, 0.1) is 5.92 Å². The van der Waals surface area contributed by atoms with Crippen LogP contribution in [0.5, 0.6) is 11.5 Å². The van der Waals surface area contributed by atoms with Gasteiger partial charge in [0.2, 0.25) is 5.91 Å². The lowest BCUT2D eigenvalue weighted by Crippen LogP contribution is -2.25. The fourth-order valence-corrected chi connectivity index (χ4v) is 3.23. The molecule has 0 aromatic heterocycles. The maximum atomic E-state index is 13.1. The van der Waals surface area contributed by atoms with Gasteiger partial charge in [-0.1, -0.05) is 42.5 Å². The minimum absolute atomic E-state index is 0.0496. The maximum Gasteiger partial charge on any atom is 0.236 e. The van der Waals surface area contributed by atoms with Crippen molar-refractivity contribution in [2.75, 3.05) is 5.32 Å². The molecule has 1 N–H and O–H groups in total. The monoisotopic (exact) mass is 329 g/mol. The summed E-state index contributed by atoms with van der Waals surface area (Å²) < 4.78 is 5.96. The number of rotatable bonds is 2. The number of nitrogens with one attached hydrogen (secondary N) is 1. The van der Waals surface area contributed by atoms with E-state index >= 15 is 0 Å². The fraction of sp³-hybridized carbons (Fsp3) is 0.136. The molecule has 3 aromatic rings. The Balaban J connectivity index is 1.73. The first-order valence-electron chi connectivity index (χ1n) is 8.37. The second kappa shape index (κ2) is 6.10. The van der Waals surface area contributed by atoms with Crippen molar-refractivity contribution in [1.29, 1.82) is 0 Å². The van der Waals surface area contributed by atoms with Gasteiger partial charge in [-0.05, 0) is 49.2 Å². The number of fused-ring (bicyclic) bond motifs is 2. The summed E-state index contributed by atoms with van der Waals surface area (Å²) in [6, 6.07) is 21.4. The van der Waals surface area contributed by atoms with E-state index in [0.717, 1.165) is 33.9 Å². The van der Waals surface area contributed by atoms with Gasteiger partial charge < -0.3 is 10.1 Å². The first kappa shape index (κ1) is 15.5. The summed E-state index contributed by atoms with van der Waals surface area (Å²) in [7, 11) is 0. The normalized spacial score (nSPS) is 12.7. The molecule has 4 rings (SSSR count). The molecule has 0 spiro atoms. The van der Waals surface area contributed by atoms with E-state index in [-0.39, 0.29) is 11.8 Å². The molecule has 0 saturated heterocycles. The van der Waals surface area contributed by atoms with Gasteiger partial charge in [0.1, 0.15) is 11.5 Å². The van der Waals surface area contributed by atoms with Crippen LogP contribution in [0.25, 0.3) is 0 Å². The van der Waals surface area contributed by atoms with Crippen LogP contribution in [-0.4, -0.2) is 5.91 Å². The summed E-state index contributed by atoms with van der Waals surface area (Å²) in [4.78, 5) is 13.1. The molecule has 1 heterocycles. The van der Waals surface area contributed by atoms with Crippen LogP contribution in [0.4, 0.5) is 5.69 Å². The van der Waals surface area contributed by atoms with Gasteiger partial charge in [-0.25, -0.2) is 0 Å². The van der Waals surface area contributed by atoms with Crippen LogP contribution >= 0.6 is 0 Å². The Morgan fingerprint density at radius 1 is 0.840 bits per heavy atom. The lowest BCUT2D eigenvalue weighted by Gasteiger charge is -2.27. The molecule has 0 fully saturated rings. The van der Waals surface area contributed by atoms with Gasteiger partial charge in [0, 0.05) is 16.8 Å². The molecule has 1 amide bonds. The largest absolute Gasteiger partial charge is 0.457 e. The number of para-hydroxylation sites is 2. The highest BCUT2D eigenvalue weighted by atomic mass is 16.5. The second-order valence-electron chi connectivity index (χ2n) is 6.40. The highest BCUT2D eigenvalue weighted by molar-refractivity contribution is 5.99. The Morgan fingerprint density at radius 2 is 1.44 bits per heavy atom. The topological polar surface area (TPSA) is 38.3 Å². The number of aryl methyl sites for hydroxylation is 2. The minimum Gasteiger partial charge on any atom is -0.457 e. The Bertz CT molecular complexity index is 916. The molecule has 3 nitrogen and oxygen atoms in total. The third kappa shape index (κ3) is 2.78. The van der Waals surface area contributed by atoms with E-state index in [1.807, 2.05) is 73.7 Å². The number of ether oxygens (including phenoxy) is 1. The van der Waals surface area contributed by atoms with E-state index in [2.05, 4.69) is 12.2 Å². The standard InChI is InChI=1S/C22H19NO2/c1-14-11-12-16(13-15(14)2)23-22(24)21-17-7-3-5-9-19(17)25-20-10-6-4-8-18(20)21/h3-13,21H,1-2H3,(H,23,24). The van der Waals surface area contributed by atoms with Gasteiger partial charge in [-0.15, -0.1) is 0 Å². The van der Waals surface area contributed by atoms with Gasteiger partial charge >= 0.3 is 0 Å². The molecular weight excluding hydrogens is 310 g/mol. The van der Waals surface area contributed by atoms with Crippen molar-refractivity contribution in [3.8, 4) is 11.5 Å². The molecule has 0 aliphatic carbocycles. The molecular formula is C22H19NO2. The van der Waals surface area contributed by atoms with Crippen molar-refractivity contribution in [3.05, 3.63) is 89.0 Å². The van der Waals surface area contributed by atoms with Crippen LogP contribution in [-0.2, 0) is 4.79 Å². The minimum atomic E-state index is -0.386. The van der Waals surface area contributed by atoms with Gasteiger partial charge in [-0.2, -0.15) is 0 Å². The van der Waals surface area contributed by atoms with E-state index in [1.54, 1.807) is 0 Å². The third-order valence-corrected chi connectivity index (χ3v) is 4.72. The summed E-state index contributed by atoms with van der Waals surface area (Å²) in [5.41, 5.74) is 4.96. The Hall–Kier alpha value is -3.07. The van der Waals surface area contributed by atoms with Crippen molar-refractivity contribution in [1.82, 2.24) is 0 Å². The molecule has 25 heavy (non-hydrogen) atoms. The van der Waals surface area contributed by atoms with Crippen LogP contribution in [0.2, 0.25) is 0 Å². The zero-order valence-corrected chi connectivity index (χ0v) is 14.2. The Kier molecular flexibility index (Phi) is 3.77. The van der Waals surface area contributed by atoms with Crippen molar-refractivity contribution in [2.24, 2.45) is 0 Å². The number of hydrogen-bond acceptors (Lipinski definition) is 2. The molecule has 0 bridgehead atoms. The van der Waals surface area contributed by atoms with Crippen molar-refractivity contribution in [3.63, 3.8) is 0 Å². The van der Waals surface area contributed by atoms with Crippen molar-refractivity contribution in [2.45, 2.75) is 19.8 Å². The van der Waals surface area contributed by atoms with Crippen LogP contribution in [0.1, 0.15) is 28.2 Å². The molecule has 1 aliphatic heterocycles. The highest BCUT2D eigenvalue weighted by Gasteiger charge is 2.32. The Morgan fingerprint density at radius 3 is 2.04 bits per heavy atom. The summed E-state index contributed by atoms with van der Waals surface area (Å²) >= 11 is 0. The van der Waals surface area contributed by atoms with E-state index < -0.39 is 0 Å². The SMILES string of the molecule is Cc1ccc(NC(=O)C2c3ccccc3Oc3ccccc32)cc1C. The second-order valence-corrected chi connectivity index (χ2v) is 6.40. The lowest BCUT2D eigenvalue weighted by molar-refractivity contribution is -0.116. The number of hydrogen-bond donors (Lipinski definition) is 1. The molecule has 1 aliphatic rings. The van der Waals surface area contributed by atoms with Crippen molar-refractivity contribution < 1.29 is 9.53 Å². The van der Waals surface area contributed by atoms with Crippen LogP contribution < -0.4 is 10.1 Å². The van der Waals surface area contributed by atoms with Gasteiger partial charge in [0.15, 0.2) is 0 Å². The van der Waals surface area contributed by atoms with Crippen molar-refractivity contribution >= 4 is 11.6 Å². The summed E-state index contributed by atoms with van der Waals surface area (Å²) in [5, 5.41) is 3.07. The van der Waals surface area contributed by atoms with E-state index in [9.17, 15) is 4.79 Å². The fourth-order valence-electron chi connectivity index (χ4n) is 3.23. The third-order valence-electron chi connectivity index (χ3n) is 4.72. The van der Waals surface area contributed by atoms with E-state index in [0.29, 0.717) is 0 Å². The highest BCUT2D eigenvalue weighted by Crippen LogP contribution is 2.44. The maximum absolute atomic E-state index is 13.1. The van der Waals surface area contributed by atoms with Crippen LogP contribution in [0.3, 0.4) is 0 Å². The molecule has 124 valence electrons. The first-order valence-corrected chi connectivity index (χ1v) is 8.37. The molecule has 3 aromatic carbocycles. The molecule has 0 unspecified atom stereocenters. The predicted molar refractivity (Wildman–Crippen MR) is 99.3 cm³/mol. The number of anilines is 1. The summed E-state index contributed by atoms with van der Waals surface area (Å²) in [5.74, 6) is 1.04. The molecule has 0 saturated carbocycles. The molecule has 3 heteroatoms. The van der Waals surface area contributed by atoms with Gasteiger partial charge in [0.25, 0.3) is 0 Å². The predicted octanol–water partition coefficient (Wildman–Crippen LogP) is 5.18. The molecule has 0 radical (unpaired) electrons. The zero-order chi connectivity index (χ0) is 17.4. The number of amides is 1. The summed E-state index contributed by atoms with van der Waals surface area (Å²) in [6.45, 7) is 4.11. The van der Waals surface area contributed by atoms with E-state index in [1.165, 1.54) is 5.56 Å². The zero-order valence-electron chi connectivity index (χ0n) is 14.2. The number of carbonyl (C=O) groups excluding carboxylic acids is 1. The molecule has 0 atom stereocenters. The summed E-state index contributed by atoms with van der Waals surface area (Å²) in [6.07, 6.45) is 0. The first-order chi connectivity index (χ1) is 12.1. The average Bonchev–Trinajstić information content (AvgIpc) is 2.62. The average molecular weight is 329 g/mol. The quantitative estimate of drug-likeness (QED) is 0.703. The smallest absolute Gasteiger partial charge is 0.236 e. The number of benzene rings is 3. The van der Waals surface area contributed by atoms with Gasteiger partial charge in [-0.3, -0.25) is 4.79 Å². The lowest BCUT2D eigenvalue weighted by atomic mass is 9.87.